The van der Waals surface area contributed by atoms with Crippen molar-refractivity contribution in [1.82, 2.24) is 14.4 Å². The number of aromatic nitrogens is 2. The zero-order valence-corrected chi connectivity index (χ0v) is 18.6. The lowest BCUT2D eigenvalue weighted by molar-refractivity contribution is 0.102. The van der Waals surface area contributed by atoms with Crippen LogP contribution in [0.5, 0.6) is 0 Å². The SMILES string of the molecule is CC1CC(C)CN(S(=O)(=O)c2cccc(C(=O)Nc3cccc(-c4noc(=O)[nH]4)c3)c2)C1. The van der Waals surface area contributed by atoms with Crippen LogP contribution in [0, 0.1) is 11.8 Å². The maximum absolute atomic E-state index is 13.2. The molecule has 1 aliphatic rings. The van der Waals surface area contributed by atoms with Crippen LogP contribution in [0.15, 0.2) is 62.7 Å². The highest BCUT2D eigenvalue weighted by Gasteiger charge is 2.32. The summed E-state index contributed by atoms with van der Waals surface area (Å²) >= 11 is 0. The minimum absolute atomic E-state index is 0.0976. The highest BCUT2D eigenvalue weighted by atomic mass is 32.2. The molecule has 0 spiro atoms. The molecular weight excluding hydrogens is 432 g/mol. The quantitative estimate of drug-likeness (QED) is 0.608. The molecule has 2 aromatic carbocycles. The second-order valence-electron chi connectivity index (χ2n) is 8.27. The van der Waals surface area contributed by atoms with E-state index >= 15 is 0 Å². The van der Waals surface area contributed by atoms with Crippen LogP contribution in [-0.2, 0) is 10.0 Å². The minimum atomic E-state index is -3.70. The van der Waals surface area contributed by atoms with Crippen molar-refractivity contribution in [1.29, 1.82) is 0 Å². The molecule has 10 heteroatoms. The number of benzene rings is 2. The van der Waals surface area contributed by atoms with Gasteiger partial charge in [-0.2, -0.15) is 4.31 Å². The molecule has 0 saturated carbocycles. The number of anilines is 1. The van der Waals surface area contributed by atoms with Gasteiger partial charge < -0.3 is 5.32 Å². The standard InChI is InChI=1S/C22H24N4O5S/c1-14-9-15(2)13-26(12-14)32(29,30)19-8-4-6-17(11-19)21(27)23-18-7-3-5-16(10-18)20-24-22(28)31-25-20/h3-8,10-11,14-15H,9,12-13H2,1-2H3,(H,23,27)(H,24,25,28). The average molecular weight is 457 g/mol. The maximum atomic E-state index is 13.2. The molecule has 2 N–H and O–H groups in total. The first-order valence-electron chi connectivity index (χ1n) is 10.3. The van der Waals surface area contributed by atoms with Gasteiger partial charge in [-0.3, -0.25) is 14.3 Å². The third kappa shape index (κ3) is 4.66. The van der Waals surface area contributed by atoms with E-state index in [1.54, 1.807) is 36.4 Å². The molecule has 2 atom stereocenters. The smallest absolute Gasteiger partial charge is 0.322 e. The van der Waals surface area contributed by atoms with Crippen LogP contribution in [0.25, 0.3) is 11.4 Å². The van der Waals surface area contributed by atoms with Crippen LogP contribution >= 0.6 is 0 Å². The van der Waals surface area contributed by atoms with E-state index in [9.17, 15) is 18.0 Å². The molecule has 0 bridgehead atoms. The zero-order chi connectivity index (χ0) is 22.9. The summed E-state index contributed by atoms with van der Waals surface area (Å²) in [6.45, 7) is 5.04. The van der Waals surface area contributed by atoms with Crippen molar-refractivity contribution in [2.24, 2.45) is 11.8 Å². The Morgan fingerprint density at radius 3 is 2.53 bits per heavy atom. The number of carbonyl (C=O) groups excluding carboxylic acids is 1. The number of aromatic amines is 1. The fourth-order valence-corrected chi connectivity index (χ4v) is 5.78. The van der Waals surface area contributed by atoms with Gasteiger partial charge in [0.2, 0.25) is 10.0 Å². The molecule has 1 aliphatic heterocycles. The van der Waals surface area contributed by atoms with Crippen molar-refractivity contribution >= 4 is 21.6 Å². The van der Waals surface area contributed by atoms with E-state index in [0.29, 0.717) is 24.3 Å². The Bertz CT molecular complexity index is 1290. The second-order valence-corrected chi connectivity index (χ2v) is 10.2. The van der Waals surface area contributed by atoms with Gasteiger partial charge in [0, 0.05) is 29.9 Å². The Morgan fingerprint density at radius 1 is 1.12 bits per heavy atom. The fourth-order valence-electron chi connectivity index (χ4n) is 4.05. The Balaban J connectivity index is 1.55. The molecular formula is C22H24N4O5S. The van der Waals surface area contributed by atoms with Crippen molar-refractivity contribution < 1.29 is 17.7 Å². The molecule has 2 heterocycles. The Hall–Kier alpha value is -3.24. The molecule has 3 aromatic rings. The summed E-state index contributed by atoms with van der Waals surface area (Å²) in [5.74, 6) is -0.318. The Kier molecular flexibility index (Phi) is 5.98. The van der Waals surface area contributed by atoms with Crippen molar-refractivity contribution in [3.8, 4) is 11.4 Å². The number of hydrogen-bond acceptors (Lipinski definition) is 6. The summed E-state index contributed by atoms with van der Waals surface area (Å²) in [6.07, 6.45) is 0.996. The molecule has 2 unspecified atom stereocenters. The van der Waals surface area contributed by atoms with E-state index in [2.05, 4.69) is 20.0 Å². The number of amides is 1. The number of carbonyl (C=O) groups is 1. The molecule has 0 aliphatic carbocycles. The monoisotopic (exact) mass is 456 g/mol. The van der Waals surface area contributed by atoms with E-state index in [4.69, 9.17) is 0 Å². The predicted octanol–water partition coefficient (Wildman–Crippen LogP) is 2.95. The first kappa shape index (κ1) is 22.0. The van der Waals surface area contributed by atoms with Crippen molar-refractivity contribution in [3.05, 3.63) is 64.6 Å². The molecule has 9 nitrogen and oxygen atoms in total. The summed E-state index contributed by atoms with van der Waals surface area (Å²) in [7, 11) is -3.70. The van der Waals surface area contributed by atoms with E-state index in [0.717, 1.165) is 6.42 Å². The summed E-state index contributed by atoms with van der Waals surface area (Å²) in [5.41, 5.74) is 1.24. The van der Waals surface area contributed by atoms with E-state index < -0.39 is 21.7 Å². The van der Waals surface area contributed by atoms with Crippen molar-refractivity contribution in [2.45, 2.75) is 25.2 Å². The van der Waals surface area contributed by atoms with Crippen LogP contribution < -0.4 is 11.1 Å². The molecule has 0 radical (unpaired) electrons. The van der Waals surface area contributed by atoms with Gasteiger partial charge in [0.05, 0.1) is 4.90 Å². The molecule has 1 aromatic heterocycles. The lowest BCUT2D eigenvalue weighted by atomic mass is 9.94. The first-order chi connectivity index (χ1) is 15.2. The Morgan fingerprint density at radius 2 is 1.84 bits per heavy atom. The number of hydrogen-bond donors (Lipinski definition) is 2. The lowest BCUT2D eigenvalue weighted by Gasteiger charge is -2.34. The van der Waals surface area contributed by atoms with Crippen LogP contribution in [-0.4, -0.2) is 41.9 Å². The first-order valence-corrected chi connectivity index (χ1v) is 11.7. The number of nitrogens with zero attached hydrogens (tertiary/aromatic N) is 2. The molecule has 1 fully saturated rings. The number of piperidine rings is 1. The largest absolute Gasteiger partial charge is 0.439 e. The van der Waals surface area contributed by atoms with Crippen LogP contribution in [0.1, 0.15) is 30.6 Å². The molecule has 1 amide bonds. The Labute approximate surface area is 185 Å². The van der Waals surface area contributed by atoms with E-state index in [1.807, 2.05) is 13.8 Å². The van der Waals surface area contributed by atoms with Crippen molar-refractivity contribution in [3.63, 3.8) is 0 Å². The van der Waals surface area contributed by atoms with Crippen molar-refractivity contribution in [2.75, 3.05) is 18.4 Å². The highest BCUT2D eigenvalue weighted by Crippen LogP contribution is 2.27. The van der Waals surface area contributed by atoms with Gasteiger partial charge in [-0.15, -0.1) is 0 Å². The topological polar surface area (TPSA) is 125 Å². The number of sulfonamides is 1. The summed E-state index contributed by atoms with van der Waals surface area (Å²) < 4.78 is 32.3. The van der Waals surface area contributed by atoms with Crippen LogP contribution in [0.3, 0.4) is 0 Å². The fraction of sp³-hybridized carbons (Fsp3) is 0.318. The van der Waals surface area contributed by atoms with E-state index in [1.165, 1.54) is 16.4 Å². The predicted molar refractivity (Wildman–Crippen MR) is 119 cm³/mol. The van der Waals surface area contributed by atoms with E-state index in [-0.39, 0.29) is 28.1 Å². The summed E-state index contributed by atoms with van der Waals surface area (Å²) in [5, 5.41) is 6.38. The average Bonchev–Trinajstić information content (AvgIpc) is 3.20. The van der Waals surface area contributed by atoms with Gasteiger partial charge in [0.1, 0.15) is 0 Å². The summed E-state index contributed by atoms with van der Waals surface area (Å²) in [4.78, 5) is 26.5. The van der Waals surface area contributed by atoms with Gasteiger partial charge in [0.25, 0.3) is 5.91 Å². The molecule has 1 saturated heterocycles. The maximum Gasteiger partial charge on any atom is 0.439 e. The van der Waals surface area contributed by atoms with Gasteiger partial charge >= 0.3 is 5.76 Å². The minimum Gasteiger partial charge on any atom is -0.322 e. The second kappa shape index (κ2) is 8.71. The number of nitrogens with one attached hydrogen (secondary N) is 2. The summed E-state index contributed by atoms with van der Waals surface area (Å²) in [6, 6.07) is 12.7. The third-order valence-electron chi connectivity index (χ3n) is 5.40. The van der Waals surface area contributed by atoms with Gasteiger partial charge in [-0.1, -0.05) is 37.2 Å². The van der Waals surface area contributed by atoms with Crippen LogP contribution in [0.4, 0.5) is 5.69 Å². The lowest BCUT2D eigenvalue weighted by Crippen LogP contribution is -2.42. The third-order valence-corrected chi connectivity index (χ3v) is 7.23. The number of H-pyrrole nitrogens is 1. The highest BCUT2D eigenvalue weighted by molar-refractivity contribution is 7.89. The zero-order valence-electron chi connectivity index (χ0n) is 17.7. The van der Waals surface area contributed by atoms with Crippen LogP contribution in [0.2, 0.25) is 0 Å². The molecule has 32 heavy (non-hydrogen) atoms. The normalized spacial score (nSPS) is 19.6. The van der Waals surface area contributed by atoms with Gasteiger partial charge in [-0.05, 0) is 48.6 Å². The van der Waals surface area contributed by atoms with Gasteiger partial charge in [0.15, 0.2) is 5.82 Å². The molecule has 4 rings (SSSR count). The number of rotatable bonds is 5. The van der Waals surface area contributed by atoms with Gasteiger partial charge in [-0.25, -0.2) is 13.2 Å². The molecule has 168 valence electrons.